The van der Waals surface area contributed by atoms with Crippen LogP contribution in [0.15, 0.2) is 36.4 Å². The van der Waals surface area contributed by atoms with Crippen molar-refractivity contribution in [1.82, 2.24) is 4.90 Å². The highest BCUT2D eigenvalue weighted by molar-refractivity contribution is 6.04. The Morgan fingerprint density at radius 3 is 2.43 bits per heavy atom. The third kappa shape index (κ3) is 8.12. The number of amides is 4. The van der Waals surface area contributed by atoms with Gasteiger partial charge in [-0.25, -0.2) is 4.79 Å². The van der Waals surface area contributed by atoms with Crippen molar-refractivity contribution in [2.45, 2.75) is 84.5 Å². The van der Waals surface area contributed by atoms with Crippen LogP contribution >= 0.6 is 0 Å². The molecule has 0 spiro atoms. The molecule has 2 aromatic carbocycles. The Bertz CT molecular complexity index is 1580. The van der Waals surface area contributed by atoms with Crippen LogP contribution in [0.5, 0.6) is 11.5 Å². The van der Waals surface area contributed by atoms with E-state index in [0.717, 1.165) is 18.4 Å². The number of hydrogen-bond donors (Lipinski definition) is 1. The van der Waals surface area contributed by atoms with Gasteiger partial charge in [-0.15, -0.1) is 0 Å². The van der Waals surface area contributed by atoms with Crippen molar-refractivity contribution in [3.8, 4) is 11.5 Å². The molecule has 2 fully saturated rings. The molecular formula is C37H50N4O8. The van der Waals surface area contributed by atoms with Crippen LogP contribution in [0.25, 0.3) is 0 Å². The summed E-state index contributed by atoms with van der Waals surface area (Å²) in [5.41, 5.74) is 0.815. The summed E-state index contributed by atoms with van der Waals surface area (Å²) in [4.78, 5) is 60.3. The third-order valence-electron chi connectivity index (χ3n) is 9.04. The topological polar surface area (TPSA) is 127 Å². The minimum Gasteiger partial charge on any atom is -0.495 e. The molecule has 5 rings (SSSR count). The van der Waals surface area contributed by atoms with Gasteiger partial charge in [0, 0.05) is 45.1 Å². The van der Waals surface area contributed by atoms with E-state index in [4.69, 9.17) is 18.9 Å². The Hall–Kier alpha value is -4.32. The molecule has 2 aliphatic heterocycles. The normalized spacial score (nSPS) is 20.2. The van der Waals surface area contributed by atoms with Gasteiger partial charge in [0.1, 0.15) is 17.1 Å². The summed E-state index contributed by atoms with van der Waals surface area (Å²) in [5, 5.41) is 3.01. The van der Waals surface area contributed by atoms with E-state index >= 15 is 0 Å². The zero-order valence-corrected chi connectivity index (χ0v) is 30.0. The number of nitrogens with zero attached hydrogens (tertiary/aromatic N) is 3. The molecule has 1 aliphatic carbocycles. The largest absolute Gasteiger partial charge is 0.495 e. The van der Waals surface area contributed by atoms with Crippen LogP contribution in [-0.2, 0) is 23.9 Å². The molecule has 0 unspecified atom stereocenters. The van der Waals surface area contributed by atoms with Gasteiger partial charge in [0.05, 0.1) is 30.3 Å². The minimum atomic E-state index is -1.04. The molecule has 266 valence electrons. The number of anilines is 3. The molecule has 12 heteroatoms. The van der Waals surface area contributed by atoms with Crippen molar-refractivity contribution in [2.75, 3.05) is 55.6 Å². The van der Waals surface area contributed by atoms with E-state index in [-0.39, 0.29) is 43.3 Å². The van der Waals surface area contributed by atoms with Crippen LogP contribution in [0.2, 0.25) is 0 Å². The summed E-state index contributed by atoms with van der Waals surface area (Å²) in [5.74, 6) is -0.944. The van der Waals surface area contributed by atoms with Gasteiger partial charge in [-0.1, -0.05) is 12.1 Å². The van der Waals surface area contributed by atoms with Crippen molar-refractivity contribution in [2.24, 2.45) is 11.8 Å². The fourth-order valence-corrected chi connectivity index (χ4v) is 6.48. The first-order valence-electron chi connectivity index (χ1n) is 17.0. The summed E-state index contributed by atoms with van der Waals surface area (Å²) in [7, 11) is 3.16. The lowest BCUT2D eigenvalue weighted by atomic mass is 9.87. The van der Waals surface area contributed by atoms with Crippen molar-refractivity contribution in [1.29, 1.82) is 0 Å². The average molecular weight is 679 g/mol. The van der Waals surface area contributed by atoms with E-state index in [9.17, 15) is 19.2 Å². The fraction of sp³-hybridized carbons (Fsp3) is 0.568. The zero-order chi connectivity index (χ0) is 35.7. The molecule has 49 heavy (non-hydrogen) atoms. The smallest absolute Gasteiger partial charge is 0.410 e. The Kier molecular flexibility index (Phi) is 10.5. The Morgan fingerprint density at radius 2 is 1.78 bits per heavy atom. The molecule has 1 saturated carbocycles. The fourth-order valence-electron chi connectivity index (χ4n) is 6.48. The number of hydrogen-bond acceptors (Lipinski definition) is 8. The number of rotatable bonds is 10. The van der Waals surface area contributed by atoms with E-state index in [2.05, 4.69) is 5.32 Å². The first-order valence-corrected chi connectivity index (χ1v) is 17.0. The molecule has 1 saturated heterocycles. The molecule has 0 radical (unpaired) electrons. The van der Waals surface area contributed by atoms with Gasteiger partial charge in [0.2, 0.25) is 11.8 Å². The van der Waals surface area contributed by atoms with Gasteiger partial charge in [-0.2, -0.15) is 0 Å². The van der Waals surface area contributed by atoms with Crippen LogP contribution in [0.3, 0.4) is 0 Å². The van der Waals surface area contributed by atoms with Crippen LogP contribution in [0.1, 0.15) is 65.9 Å². The molecule has 2 heterocycles. The van der Waals surface area contributed by atoms with E-state index in [0.29, 0.717) is 48.1 Å². The summed E-state index contributed by atoms with van der Waals surface area (Å²) in [6.45, 7) is 11.9. The molecule has 1 N–H and O–H groups in total. The molecule has 3 aliphatic rings. The Labute approximate surface area is 289 Å². The van der Waals surface area contributed by atoms with E-state index < -0.39 is 29.1 Å². The number of methoxy groups -OCH3 is 2. The summed E-state index contributed by atoms with van der Waals surface area (Å²) in [6.07, 6.45) is 1.94. The monoisotopic (exact) mass is 678 g/mol. The first kappa shape index (κ1) is 36.0. The van der Waals surface area contributed by atoms with Crippen LogP contribution < -0.4 is 24.6 Å². The average Bonchev–Trinajstić information content (AvgIpc) is 3.88. The second-order valence-corrected chi connectivity index (χ2v) is 14.7. The Morgan fingerprint density at radius 1 is 1.06 bits per heavy atom. The van der Waals surface area contributed by atoms with Gasteiger partial charge in [-0.3, -0.25) is 14.4 Å². The summed E-state index contributed by atoms with van der Waals surface area (Å²) in [6, 6.07) is 11.0. The second-order valence-electron chi connectivity index (χ2n) is 14.7. The predicted octanol–water partition coefficient (Wildman–Crippen LogP) is 5.55. The van der Waals surface area contributed by atoms with E-state index in [1.165, 1.54) is 4.90 Å². The molecule has 0 bridgehead atoms. The maximum absolute atomic E-state index is 14.6. The Balaban J connectivity index is 1.45. The highest BCUT2D eigenvalue weighted by Crippen LogP contribution is 2.43. The second kappa shape index (κ2) is 14.3. The van der Waals surface area contributed by atoms with Gasteiger partial charge in [0.15, 0.2) is 5.60 Å². The van der Waals surface area contributed by atoms with Crippen molar-refractivity contribution < 1.29 is 38.1 Å². The molecule has 4 amide bonds. The van der Waals surface area contributed by atoms with Gasteiger partial charge in [0.25, 0.3) is 5.91 Å². The van der Waals surface area contributed by atoms with Gasteiger partial charge >= 0.3 is 6.09 Å². The number of piperidine rings is 1. The number of likely N-dealkylation sites (tertiary alicyclic amines) is 1. The molecule has 2 aromatic rings. The SMILES string of the molecule is COCCCN1C(=O)C(C)(C)Oc2ccc(N(C(=O)[C@@H]3C[C@H](C(=O)Nc4c(C)cccc4OC)CN(C(=O)OC(C)(C)C)C3)C3CC3)cc21. The molecule has 12 nitrogen and oxygen atoms in total. The number of carbonyl (C=O) groups excluding carboxylic acids is 4. The summed E-state index contributed by atoms with van der Waals surface area (Å²) < 4.78 is 22.6. The van der Waals surface area contributed by atoms with Crippen LogP contribution in [0, 0.1) is 18.8 Å². The minimum absolute atomic E-state index is 0.0375. The lowest BCUT2D eigenvalue weighted by molar-refractivity contribution is -0.132. The number of aryl methyl sites for hydroxylation is 1. The number of carbonyl (C=O) groups is 4. The van der Waals surface area contributed by atoms with Crippen molar-refractivity contribution in [3.05, 3.63) is 42.0 Å². The highest BCUT2D eigenvalue weighted by atomic mass is 16.6. The van der Waals surface area contributed by atoms with Crippen LogP contribution in [-0.4, -0.2) is 86.4 Å². The molecule has 0 aromatic heterocycles. The number of ether oxygens (including phenoxy) is 4. The summed E-state index contributed by atoms with van der Waals surface area (Å²) >= 11 is 0. The van der Waals surface area contributed by atoms with Gasteiger partial charge in [-0.05, 0) is 97.1 Å². The number of nitrogens with one attached hydrogen (secondary N) is 1. The maximum Gasteiger partial charge on any atom is 0.410 e. The number of benzene rings is 2. The molecule has 2 atom stereocenters. The van der Waals surface area contributed by atoms with Gasteiger partial charge < -0.3 is 39.0 Å². The standard InChI is InChI=1S/C37H50N4O8/c1-23-11-9-12-30(47-8)31(23)38-32(42)24-19-25(22-39(21-24)35(45)49-36(2,3)4)33(43)41(26-13-14-26)27-15-16-29-28(20-27)40(17-10-18-46-7)34(44)37(5,6)48-29/h9,11-12,15-16,20,24-26H,10,13-14,17-19,21-22H2,1-8H3,(H,38,42)/t24-,25+/m0/s1. The quantitative estimate of drug-likeness (QED) is 0.324. The van der Waals surface area contributed by atoms with E-state index in [1.54, 1.807) is 64.7 Å². The van der Waals surface area contributed by atoms with Crippen LogP contribution in [0.4, 0.5) is 21.9 Å². The van der Waals surface area contributed by atoms with Crippen molar-refractivity contribution in [3.63, 3.8) is 0 Å². The van der Waals surface area contributed by atoms with E-state index in [1.807, 2.05) is 37.3 Å². The third-order valence-corrected chi connectivity index (χ3v) is 9.04. The number of fused-ring (bicyclic) bond motifs is 1. The first-order chi connectivity index (χ1) is 23.1. The van der Waals surface area contributed by atoms with Crippen molar-refractivity contribution >= 4 is 40.9 Å². The zero-order valence-electron chi connectivity index (χ0n) is 30.0. The number of para-hydroxylation sites is 1. The molecular weight excluding hydrogens is 628 g/mol. The maximum atomic E-state index is 14.6. The highest BCUT2D eigenvalue weighted by Gasteiger charge is 2.45. The predicted molar refractivity (Wildman–Crippen MR) is 186 cm³/mol. The lowest BCUT2D eigenvalue weighted by Gasteiger charge is -2.40. The lowest BCUT2D eigenvalue weighted by Crippen LogP contribution is -2.53.